The Balaban J connectivity index is 2.34. The van der Waals surface area contributed by atoms with Crippen molar-refractivity contribution in [3.05, 3.63) is 53.2 Å². The van der Waals surface area contributed by atoms with Crippen LogP contribution in [0.25, 0.3) is 22.0 Å². The summed E-state index contributed by atoms with van der Waals surface area (Å²) in [5, 5.41) is 5.41. The fourth-order valence-electron chi connectivity index (χ4n) is 2.71. The van der Waals surface area contributed by atoms with E-state index < -0.39 is 0 Å². The molecule has 0 spiro atoms. The summed E-state index contributed by atoms with van der Waals surface area (Å²) >= 11 is 0. The van der Waals surface area contributed by atoms with Gasteiger partial charge in [0.25, 0.3) is 0 Å². The van der Waals surface area contributed by atoms with Gasteiger partial charge >= 0.3 is 0 Å². The molecular formula is C17H16N2O. The number of hydrogen-bond donors (Lipinski definition) is 0. The molecule has 0 aliphatic heterocycles. The van der Waals surface area contributed by atoms with Gasteiger partial charge < -0.3 is 0 Å². The highest BCUT2D eigenvalue weighted by Crippen LogP contribution is 2.31. The lowest BCUT2D eigenvalue weighted by Crippen LogP contribution is -1.95. The number of carbonyl (C=O) groups is 1. The predicted molar refractivity (Wildman–Crippen MR) is 81.0 cm³/mol. The molecule has 100 valence electrons. The Morgan fingerprint density at radius 1 is 1.10 bits per heavy atom. The third kappa shape index (κ3) is 1.83. The molecule has 0 atom stereocenters. The SMILES string of the molecule is Cc1ccc(-c2cccc3c(C=O)n(C)nc23)c(C)c1. The number of aldehydes is 1. The van der Waals surface area contributed by atoms with Crippen LogP contribution in [0.1, 0.15) is 21.6 Å². The Bertz CT molecular complexity index is 815. The lowest BCUT2D eigenvalue weighted by Gasteiger charge is -2.07. The highest BCUT2D eigenvalue weighted by molar-refractivity contribution is 6.02. The molecule has 1 aromatic heterocycles. The van der Waals surface area contributed by atoms with Crippen molar-refractivity contribution in [3.63, 3.8) is 0 Å². The smallest absolute Gasteiger partial charge is 0.168 e. The van der Waals surface area contributed by atoms with Gasteiger partial charge in [0.1, 0.15) is 11.2 Å². The first-order chi connectivity index (χ1) is 9.61. The van der Waals surface area contributed by atoms with Crippen LogP contribution in [0.3, 0.4) is 0 Å². The van der Waals surface area contributed by atoms with Crippen LogP contribution < -0.4 is 0 Å². The summed E-state index contributed by atoms with van der Waals surface area (Å²) in [5.41, 5.74) is 6.19. The van der Waals surface area contributed by atoms with Crippen LogP contribution in [-0.2, 0) is 7.05 Å². The lowest BCUT2D eigenvalue weighted by atomic mass is 9.97. The second kappa shape index (κ2) is 4.60. The largest absolute Gasteiger partial charge is 0.296 e. The van der Waals surface area contributed by atoms with E-state index in [1.165, 1.54) is 11.1 Å². The third-order valence-electron chi connectivity index (χ3n) is 3.69. The van der Waals surface area contributed by atoms with Gasteiger partial charge in [-0.15, -0.1) is 0 Å². The van der Waals surface area contributed by atoms with Gasteiger partial charge in [-0.3, -0.25) is 9.48 Å². The van der Waals surface area contributed by atoms with E-state index in [0.717, 1.165) is 28.3 Å². The van der Waals surface area contributed by atoms with E-state index in [0.29, 0.717) is 5.69 Å². The molecule has 3 heteroatoms. The van der Waals surface area contributed by atoms with Crippen LogP contribution in [0.15, 0.2) is 36.4 Å². The average molecular weight is 264 g/mol. The van der Waals surface area contributed by atoms with Crippen molar-refractivity contribution in [2.45, 2.75) is 13.8 Å². The van der Waals surface area contributed by atoms with E-state index in [1.54, 1.807) is 11.7 Å². The minimum absolute atomic E-state index is 0.617. The minimum atomic E-state index is 0.617. The first kappa shape index (κ1) is 12.6. The van der Waals surface area contributed by atoms with Gasteiger partial charge in [0, 0.05) is 18.0 Å². The van der Waals surface area contributed by atoms with E-state index in [1.807, 2.05) is 12.1 Å². The minimum Gasteiger partial charge on any atom is -0.296 e. The van der Waals surface area contributed by atoms with Gasteiger partial charge in [-0.1, -0.05) is 42.0 Å². The maximum atomic E-state index is 11.2. The second-order valence-electron chi connectivity index (χ2n) is 5.15. The van der Waals surface area contributed by atoms with Gasteiger partial charge in [-0.2, -0.15) is 5.10 Å². The average Bonchev–Trinajstić information content (AvgIpc) is 2.74. The van der Waals surface area contributed by atoms with Crippen LogP contribution in [-0.4, -0.2) is 16.1 Å². The Kier molecular flexibility index (Phi) is 2.90. The molecule has 0 saturated heterocycles. The predicted octanol–water partition coefficient (Wildman–Crippen LogP) is 3.67. The van der Waals surface area contributed by atoms with Crippen molar-refractivity contribution >= 4 is 17.2 Å². The molecule has 2 aromatic carbocycles. The molecule has 0 fully saturated rings. The van der Waals surface area contributed by atoms with E-state index in [4.69, 9.17) is 0 Å². The van der Waals surface area contributed by atoms with Crippen molar-refractivity contribution in [2.75, 3.05) is 0 Å². The summed E-state index contributed by atoms with van der Waals surface area (Å²) in [6, 6.07) is 12.4. The van der Waals surface area contributed by atoms with E-state index in [9.17, 15) is 4.79 Å². The molecule has 0 bridgehead atoms. The van der Waals surface area contributed by atoms with Gasteiger partial charge in [0.15, 0.2) is 6.29 Å². The molecule has 3 aromatic rings. The molecule has 0 aliphatic carbocycles. The Hall–Kier alpha value is -2.42. The maximum absolute atomic E-state index is 11.2. The molecule has 0 saturated carbocycles. The van der Waals surface area contributed by atoms with Crippen molar-refractivity contribution in [3.8, 4) is 11.1 Å². The molecule has 0 radical (unpaired) electrons. The summed E-state index contributed by atoms with van der Waals surface area (Å²) in [7, 11) is 1.80. The number of aryl methyl sites for hydroxylation is 3. The van der Waals surface area contributed by atoms with Crippen LogP contribution >= 0.6 is 0 Å². The second-order valence-corrected chi connectivity index (χ2v) is 5.15. The number of rotatable bonds is 2. The molecule has 1 heterocycles. The number of aromatic nitrogens is 2. The van der Waals surface area contributed by atoms with Gasteiger partial charge in [0.05, 0.1) is 0 Å². The zero-order valence-corrected chi connectivity index (χ0v) is 11.8. The number of fused-ring (bicyclic) bond motifs is 1. The molecule has 0 N–H and O–H groups in total. The van der Waals surface area contributed by atoms with Crippen LogP contribution in [0.4, 0.5) is 0 Å². The number of benzene rings is 2. The number of carbonyl (C=O) groups excluding carboxylic acids is 1. The van der Waals surface area contributed by atoms with Crippen molar-refractivity contribution in [2.24, 2.45) is 7.05 Å². The van der Waals surface area contributed by atoms with Crippen molar-refractivity contribution in [1.82, 2.24) is 9.78 Å². The van der Waals surface area contributed by atoms with Crippen molar-refractivity contribution in [1.29, 1.82) is 0 Å². The monoisotopic (exact) mass is 264 g/mol. The lowest BCUT2D eigenvalue weighted by molar-refractivity contribution is 0.111. The molecule has 3 nitrogen and oxygen atoms in total. The fraction of sp³-hybridized carbons (Fsp3) is 0.176. The molecule has 3 rings (SSSR count). The molecular weight excluding hydrogens is 248 g/mol. The van der Waals surface area contributed by atoms with Crippen LogP contribution in [0.2, 0.25) is 0 Å². The summed E-state index contributed by atoms with van der Waals surface area (Å²) < 4.78 is 1.64. The molecule has 0 aliphatic rings. The molecule has 0 amide bonds. The highest BCUT2D eigenvalue weighted by Gasteiger charge is 2.13. The summed E-state index contributed by atoms with van der Waals surface area (Å²) in [6.07, 6.45) is 0.862. The van der Waals surface area contributed by atoms with Crippen LogP contribution in [0, 0.1) is 13.8 Å². The quantitative estimate of drug-likeness (QED) is 0.662. The number of nitrogens with zero attached hydrogens (tertiary/aromatic N) is 2. The molecule has 20 heavy (non-hydrogen) atoms. The normalized spacial score (nSPS) is 10.9. The standard InChI is InChI=1S/C17H16N2O/c1-11-7-8-13(12(2)9-11)14-5-4-6-15-16(10-20)19(3)18-17(14)15/h4-10H,1-3H3. The van der Waals surface area contributed by atoms with Crippen LogP contribution in [0.5, 0.6) is 0 Å². The zero-order chi connectivity index (χ0) is 14.3. The van der Waals surface area contributed by atoms with E-state index in [2.05, 4.69) is 43.2 Å². The van der Waals surface area contributed by atoms with Gasteiger partial charge in [-0.25, -0.2) is 0 Å². The highest BCUT2D eigenvalue weighted by atomic mass is 16.1. The Morgan fingerprint density at radius 2 is 1.90 bits per heavy atom. The fourth-order valence-corrected chi connectivity index (χ4v) is 2.71. The summed E-state index contributed by atoms with van der Waals surface area (Å²) in [6.45, 7) is 4.19. The van der Waals surface area contributed by atoms with Gasteiger partial charge in [-0.05, 0) is 25.0 Å². The first-order valence-electron chi connectivity index (χ1n) is 6.60. The summed E-state index contributed by atoms with van der Waals surface area (Å²) in [4.78, 5) is 11.2. The maximum Gasteiger partial charge on any atom is 0.168 e. The first-order valence-corrected chi connectivity index (χ1v) is 6.60. The third-order valence-corrected chi connectivity index (χ3v) is 3.69. The topological polar surface area (TPSA) is 34.9 Å². The van der Waals surface area contributed by atoms with E-state index >= 15 is 0 Å². The molecule has 0 unspecified atom stereocenters. The summed E-state index contributed by atoms with van der Waals surface area (Å²) in [5.74, 6) is 0. The number of hydrogen-bond acceptors (Lipinski definition) is 2. The Morgan fingerprint density at radius 3 is 2.60 bits per heavy atom. The zero-order valence-electron chi connectivity index (χ0n) is 11.8. The van der Waals surface area contributed by atoms with E-state index in [-0.39, 0.29) is 0 Å². The Labute approximate surface area is 117 Å². The van der Waals surface area contributed by atoms with Crippen molar-refractivity contribution < 1.29 is 4.79 Å². The van der Waals surface area contributed by atoms with Gasteiger partial charge in [0.2, 0.25) is 0 Å².